The third-order valence-corrected chi connectivity index (χ3v) is 3.97. The number of rotatable bonds is 6. The lowest BCUT2D eigenvalue weighted by Gasteiger charge is -2.13. The molecule has 0 aliphatic rings. The quantitative estimate of drug-likeness (QED) is 0.740. The molecule has 3 aromatic rings. The third-order valence-electron chi connectivity index (χ3n) is 3.08. The third kappa shape index (κ3) is 3.46. The van der Waals surface area contributed by atoms with Crippen LogP contribution in [0.3, 0.4) is 0 Å². The van der Waals surface area contributed by atoms with Crippen LogP contribution in [0.25, 0.3) is 10.6 Å². The van der Waals surface area contributed by atoms with Crippen LogP contribution >= 0.6 is 11.3 Å². The molecular weight excluding hydrogens is 318 g/mol. The molecule has 9 heteroatoms. The van der Waals surface area contributed by atoms with E-state index in [9.17, 15) is 4.79 Å². The van der Waals surface area contributed by atoms with Gasteiger partial charge >= 0.3 is 11.8 Å². The summed E-state index contributed by atoms with van der Waals surface area (Å²) in [7, 11) is 3.18. The number of aromatic nitrogens is 4. The summed E-state index contributed by atoms with van der Waals surface area (Å²) in [5.74, 6) is -0.143. The molecule has 0 fully saturated rings. The Bertz CT molecular complexity index is 780. The standard InChI is InChI=1S/C14H15N5O3S/c1-19(14(20)13-18-17-12(22-13)8-21-2)7-9-6-10(16-15-9)11-4-3-5-23-11/h3-6H,7-8H2,1-2H3,(H,15,16). The molecule has 1 amide bonds. The van der Waals surface area contributed by atoms with E-state index in [1.54, 1.807) is 18.4 Å². The number of carbonyl (C=O) groups excluding carboxylic acids is 1. The number of methoxy groups -OCH3 is 1. The summed E-state index contributed by atoms with van der Waals surface area (Å²) < 4.78 is 10.1. The number of nitrogens with one attached hydrogen (secondary N) is 1. The molecule has 0 aromatic carbocycles. The van der Waals surface area contributed by atoms with Crippen LogP contribution in [0, 0.1) is 0 Å². The van der Waals surface area contributed by atoms with Crippen molar-refractivity contribution in [2.24, 2.45) is 0 Å². The maximum atomic E-state index is 12.3. The molecule has 0 saturated carbocycles. The molecule has 1 N–H and O–H groups in total. The predicted molar refractivity (Wildman–Crippen MR) is 82.7 cm³/mol. The van der Waals surface area contributed by atoms with Crippen molar-refractivity contribution in [3.8, 4) is 10.6 Å². The highest BCUT2D eigenvalue weighted by Gasteiger charge is 2.20. The van der Waals surface area contributed by atoms with Crippen LogP contribution in [0.4, 0.5) is 0 Å². The lowest BCUT2D eigenvalue weighted by molar-refractivity contribution is 0.0736. The molecule has 0 bridgehead atoms. The summed E-state index contributed by atoms with van der Waals surface area (Å²) >= 11 is 1.61. The number of H-pyrrole nitrogens is 1. The number of hydrogen-bond donors (Lipinski definition) is 1. The Labute approximate surface area is 136 Å². The molecule has 3 rings (SSSR count). The number of ether oxygens (including phenoxy) is 1. The van der Waals surface area contributed by atoms with Gasteiger partial charge in [-0.3, -0.25) is 9.89 Å². The van der Waals surface area contributed by atoms with E-state index in [0.717, 1.165) is 16.3 Å². The zero-order valence-electron chi connectivity index (χ0n) is 12.6. The van der Waals surface area contributed by atoms with Crippen molar-refractivity contribution in [3.05, 3.63) is 41.1 Å². The van der Waals surface area contributed by atoms with E-state index >= 15 is 0 Å². The normalized spacial score (nSPS) is 10.9. The molecular formula is C14H15N5O3S. The maximum absolute atomic E-state index is 12.3. The predicted octanol–water partition coefficient (Wildman–Crippen LogP) is 1.94. The molecule has 0 atom stereocenters. The van der Waals surface area contributed by atoms with E-state index in [0.29, 0.717) is 6.54 Å². The Morgan fingerprint density at radius 2 is 2.35 bits per heavy atom. The number of carbonyl (C=O) groups is 1. The molecule has 8 nitrogen and oxygen atoms in total. The lowest BCUT2D eigenvalue weighted by atomic mass is 10.3. The van der Waals surface area contributed by atoms with Crippen LogP contribution in [0.2, 0.25) is 0 Å². The molecule has 0 unspecified atom stereocenters. The minimum atomic E-state index is -0.355. The van der Waals surface area contributed by atoms with Gasteiger partial charge in [0.05, 0.1) is 17.1 Å². The van der Waals surface area contributed by atoms with E-state index in [4.69, 9.17) is 9.15 Å². The first-order valence-corrected chi connectivity index (χ1v) is 7.70. The van der Waals surface area contributed by atoms with E-state index in [-0.39, 0.29) is 24.3 Å². The van der Waals surface area contributed by atoms with Gasteiger partial charge in [-0.05, 0) is 17.5 Å². The summed E-state index contributed by atoms with van der Waals surface area (Å²) in [5, 5.41) is 16.7. The largest absolute Gasteiger partial charge is 0.414 e. The molecule has 120 valence electrons. The molecule has 0 saturated heterocycles. The smallest absolute Gasteiger partial charge is 0.311 e. The van der Waals surface area contributed by atoms with Gasteiger partial charge < -0.3 is 14.1 Å². The van der Waals surface area contributed by atoms with Gasteiger partial charge in [-0.1, -0.05) is 6.07 Å². The minimum absolute atomic E-state index is 0.0578. The first-order valence-electron chi connectivity index (χ1n) is 6.82. The number of aromatic amines is 1. The summed E-state index contributed by atoms with van der Waals surface area (Å²) in [5.41, 5.74) is 1.68. The highest BCUT2D eigenvalue weighted by molar-refractivity contribution is 7.13. The highest BCUT2D eigenvalue weighted by atomic mass is 32.1. The fraction of sp³-hybridized carbons (Fsp3) is 0.286. The first kappa shape index (κ1) is 15.4. The Kier molecular flexibility index (Phi) is 4.49. The van der Waals surface area contributed by atoms with Crippen LogP contribution in [0.1, 0.15) is 22.3 Å². The first-order chi connectivity index (χ1) is 11.2. The summed E-state index contributed by atoms with van der Waals surface area (Å²) in [4.78, 5) is 14.8. The zero-order chi connectivity index (χ0) is 16.2. The Morgan fingerprint density at radius 3 is 3.09 bits per heavy atom. The average molecular weight is 333 g/mol. The van der Waals surface area contributed by atoms with E-state index < -0.39 is 0 Å². The van der Waals surface area contributed by atoms with Crippen LogP contribution in [-0.4, -0.2) is 45.4 Å². The molecule has 3 heterocycles. The fourth-order valence-electron chi connectivity index (χ4n) is 2.01. The maximum Gasteiger partial charge on any atom is 0.311 e. The number of nitrogens with zero attached hydrogens (tertiary/aromatic N) is 4. The van der Waals surface area contributed by atoms with Gasteiger partial charge in [0, 0.05) is 14.2 Å². The molecule has 0 spiro atoms. The highest BCUT2D eigenvalue weighted by Crippen LogP contribution is 2.23. The van der Waals surface area contributed by atoms with Crippen molar-refractivity contribution in [3.63, 3.8) is 0 Å². The Morgan fingerprint density at radius 1 is 1.48 bits per heavy atom. The van der Waals surface area contributed by atoms with E-state index in [1.807, 2.05) is 23.6 Å². The summed E-state index contributed by atoms with van der Waals surface area (Å²) in [6.07, 6.45) is 0. The van der Waals surface area contributed by atoms with Gasteiger partial charge in [0.1, 0.15) is 12.3 Å². The van der Waals surface area contributed by atoms with Crippen molar-refractivity contribution in [2.45, 2.75) is 13.2 Å². The van der Waals surface area contributed by atoms with Gasteiger partial charge in [0.25, 0.3) is 0 Å². The molecule has 0 aliphatic carbocycles. The van der Waals surface area contributed by atoms with Crippen LogP contribution in [0.15, 0.2) is 28.0 Å². The van der Waals surface area contributed by atoms with E-state index in [2.05, 4.69) is 20.4 Å². The molecule has 0 aliphatic heterocycles. The van der Waals surface area contributed by atoms with Crippen LogP contribution in [0.5, 0.6) is 0 Å². The van der Waals surface area contributed by atoms with Crippen molar-refractivity contribution in [2.75, 3.05) is 14.2 Å². The number of amides is 1. The van der Waals surface area contributed by atoms with Crippen molar-refractivity contribution < 1.29 is 13.9 Å². The average Bonchev–Trinajstić information content (AvgIpc) is 3.27. The lowest BCUT2D eigenvalue weighted by Crippen LogP contribution is -2.26. The molecule has 23 heavy (non-hydrogen) atoms. The van der Waals surface area contributed by atoms with Crippen molar-refractivity contribution in [1.82, 2.24) is 25.3 Å². The fourth-order valence-corrected chi connectivity index (χ4v) is 2.69. The van der Waals surface area contributed by atoms with Gasteiger partial charge in [-0.15, -0.1) is 21.5 Å². The van der Waals surface area contributed by atoms with E-state index in [1.165, 1.54) is 12.0 Å². The van der Waals surface area contributed by atoms with Gasteiger partial charge in [0.15, 0.2) is 0 Å². The minimum Gasteiger partial charge on any atom is -0.414 e. The van der Waals surface area contributed by atoms with Crippen LogP contribution < -0.4 is 0 Å². The second-order valence-electron chi connectivity index (χ2n) is 4.85. The SMILES string of the molecule is COCc1nnc(C(=O)N(C)Cc2cc(-c3cccs3)n[nH]2)o1. The van der Waals surface area contributed by atoms with Gasteiger partial charge in [0.2, 0.25) is 5.89 Å². The Balaban J connectivity index is 1.66. The second kappa shape index (κ2) is 6.71. The van der Waals surface area contributed by atoms with Crippen molar-refractivity contribution >= 4 is 17.2 Å². The van der Waals surface area contributed by atoms with Crippen LogP contribution in [-0.2, 0) is 17.9 Å². The molecule has 0 radical (unpaired) electrons. The topological polar surface area (TPSA) is 97.1 Å². The summed E-state index contributed by atoms with van der Waals surface area (Å²) in [6.45, 7) is 0.536. The zero-order valence-corrected chi connectivity index (χ0v) is 13.5. The number of thiophene rings is 1. The Hall–Kier alpha value is -2.52. The van der Waals surface area contributed by atoms with Gasteiger partial charge in [-0.2, -0.15) is 5.10 Å². The number of hydrogen-bond acceptors (Lipinski definition) is 7. The van der Waals surface area contributed by atoms with Gasteiger partial charge in [-0.25, -0.2) is 0 Å². The van der Waals surface area contributed by atoms with Crippen molar-refractivity contribution in [1.29, 1.82) is 0 Å². The summed E-state index contributed by atoms with van der Waals surface area (Å²) in [6, 6.07) is 5.88. The monoisotopic (exact) mass is 333 g/mol. The molecule has 3 aromatic heterocycles. The second-order valence-corrected chi connectivity index (χ2v) is 5.80.